The van der Waals surface area contributed by atoms with E-state index in [0.29, 0.717) is 5.69 Å². The number of alkyl halides is 3. The van der Waals surface area contributed by atoms with Gasteiger partial charge >= 0.3 is 6.18 Å². The van der Waals surface area contributed by atoms with Crippen LogP contribution in [0.2, 0.25) is 0 Å². The van der Waals surface area contributed by atoms with E-state index in [1.807, 2.05) is 0 Å². The molecule has 7 nitrogen and oxygen atoms in total. The molecule has 0 saturated heterocycles. The van der Waals surface area contributed by atoms with Crippen molar-refractivity contribution in [3.8, 4) is 5.69 Å². The Morgan fingerprint density at radius 1 is 1.14 bits per heavy atom. The predicted molar refractivity (Wildman–Crippen MR) is 99.4 cm³/mol. The van der Waals surface area contributed by atoms with E-state index >= 15 is 0 Å². The molecule has 2 heterocycles. The van der Waals surface area contributed by atoms with Gasteiger partial charge in [-0.25, -0.2) is 0 Å². The van der Waals surface area contributed by atoms with Crippen LogP contribution >= 0.6 is 0 Å². The Hall–Kier alpha value is -3.69. The lowest BCUT2D eigenvalue weighted by atomic mass is 10.0. The van der Waals surface area contributed by atoms with Gasteiger partial charge in [0.2, 0.25) is 0 Å². The molecule has 0 aliphatic rings. The minimum absolute atomic E-state index is 0.0692. The van der Waals surface area contributed by atoms with Crippen LogP contribution < -0.4 is 16.6 Å². The Morgan fingerprint density at radius 2 is 1.83 bits per heavy atom. The van der Waals surface area contributed by atoms with Crippen LogP contribution in [0.3, 0.4) is 0 Å². The first kappa shape index (κ1) is 20.1. The highest BCUT2D eigenvalue weighted by molar-refractivity contribution is 5.92. The summed E-state index contributed by atoms with van der Waals surface area (Å²) in [5.74, 6) is -0.656. The van der Waals surface area contributed by atoms with E-state index in [-0.39, 0.29) is 16.9 Å². The number of carbonyl (C=O) groups is 1. The van der Waals surface area contributed by atoms with Gasteiger partial charge in [-0.05, 0) is 48.9 Å². The second-order valence-corrected chi connectivity index (χ2v) is 6.26. The average Bonchev–Trinajstić information content (AvgIpc) is 2.67. The maximum atomic E-state index is 13.0. The number of pyridine rings is 1. The summed E-state index contributed by atoms with van der Waals surface area (Å²) in [5.41, 5.74) is 4.67. The van der Waals surface area contributed by atoms with Crippen molar-refractivity contribution in [3.05, 3.63) is 82.0 Å². The lowest BCUT2D eigenvalue weighted by molar-refractivity contribution is -0.137. The zero-order valence-corrected chi connectivity index (χ0v) is 15.1. The van der Waals surface area contributed by atoms with Crippen LogP contribution in [0.5, 0.6) is 0 Å². The summed E-state index contributed by atoms with van der Waals surface area (Å²) in [7, 11) is 0. The zero-order valence-electron chi connectivity index (χ0n) is 15.1. The number of carbonyl (C=O) groups excluding carboxylic acids is 1. The molecule has 0 aliphatic heterocycles. The molecule has 3 aromatic rings. The molecular weight excluding hydrogens is 387 g/mol. The summed E-state index contributed by atoms with van der Waals surface area (Å²) in [6.07, 6.45) is -1.62. The van der Waals surface area contributed by atoms with Gasteiger partial charge in [0, 0.05) is 24.1 Å². The minimum Gasteiger partial charge on any atom is -0.399 e. The van der Waals surface area contributed by atoms with E-state index in [1.54, 1.807) is 12.1 Å². The summed E-state index contributed by atoms with van der Waals surface area (Å²) >= 11 is 0. The van der Waals surface area contributed by atoms with E-state index < -0.39 is 29.2 Å². The fourth-order valence-electron chi connectivity index (χ4n) is 2.65. The van der Waals surface area contributed by atoms with Crippen LogP contribution in [-0.4, -0.2) is 20.7 Å². The van der Waals surface area contributed by atoms with Gasteiger partial charge in [-0.2, -0.15) is 23.0 Å². The maximum Gasteiger partial charge on any atom is 0.416 e. The van der Waals surface area contributed by atoms with Gasteiger partial charge in [-0.1, -0.05) is 0 Å². The van der Waals surface area contributed by atoms with Crippen molar-refractivity contribution in [2.75, 3.05) is 5.73 Å². The van der Waals surface area contributed by atoms with Gasteiger partial charge in [0.15, 0.2) is 0 Å². The summed E-state index contributed by atoms with van der Waals surface area (Å²) in [4.78, 5) is 28.4. The van der Waals surface area contributed by atoms with Gasteiger partial charge in [0.1, 0.15) is 5.69 Å². The van der Waals surface area contributed by atoms with Gasteiger partial charge in [-0.3, -0.25) is 14.6 Å². The highest BCUT2D eigenvalue weighted by atomic mass is 19.4. The number of aromatic nitrogens is 3. The van der Waals surface area contributed by atoms with Crippen LogP contribution in [0.25, 0.3) is 5.69 Å². The maximum absolute atomic E-state index is 13.0. The van der Waals surface area contributed by atoms with Gasteiger partial charge in [-0.15, -0.1) is 0 Å². The Labute approximate surface area is 163 Å². The van der Waals surface area contributed by atoms with Crippen molar-refractivity contribution in [1.82, 2.24) is 20.1 Å². The highest BCUT2D eigenvalue weighted by Gasteiger charge is 2.31. The SMILES string of the molecule is C[C@@H](NC(=O)c1ccc(=O)n(-c2ccncc2)n1)c1cc(N)cc(C(F)(F)F)c1. The molecule has 29 heavy (non-hydrogen) atoms. The lowest BCUT2D eigenvalue weighted by Gasteiger charge is -2.17. The Morgan fingerprint density at radius 3 is 2.48 bits per heavy atom. The fourth-order valence-corrected chi connectivity index (χ4v) is 2.65. The predicted octanol–water partition coefficient (Wildman–Crippen LogP) is 2.72. The number of benzene rings is 1. The monoisotopic (exact) mass is 403 g/mol. The summed E-state index contributed by atoms with van der Waals surface area (Å²) in [6, 6.07) is 7.82. The molecule has 1 amide bonds. The smallest absolute Gasteiger partial charge is 0.399 e. The summed E-state index contributed by atoms with van der Waals surface area (Å²) in [6.45, 7) is 1.52. The molecule has 1 atom stereocenters. The van der Waals surface area contributed by atoms with Gasteiger partial charge in [0.05, 0.1) is 17.3 Å². The number of nitrogens with two attached hydrogens (primary N) is 1. The molecule has 3 N–H and O–H groups in total. The molecule has 150 valence electrons. The molecule has 1 aromatic carbocycles. The third-order valence-electron chi connectivity index (χ3n) is 4.09. The molecule has 0 fully saturated rings. The highest BCUT2D eigenvalue weighted by Crippen LogP contribution is 2.32. The van der Waals surface area contributed by atoms with E-state index in [0.717, 1.165) is 16.8 Å². The van der Waals surface area contributed by atoms with Crippen molar-refractivity contribution in [2.45, 2.75) is 19.1 Å². The Balaban J connectivity index is 1.86. The van der Waals surface area contributed by atoms with Gasteiger partial charge < -0.3 is 11.1 Å². The van der Waals surface area contributed by atoms with Crippen molar-refractivity contribution >= 4 is 11.6 Å². The zero-order chi connectivity index (χ0) is 21.2. The molecule has 0 aliphatic carbocycles. The first-order valence-electron chi connectivity index (χ1n) is 8.44. The number of hydrogen-bond acceptors (Lipinski definition) is 5. The molecule has 0 unspecified atom stereocenters. The van der Waals surface area contributed by atoms with Crippen molar-refractivity contribution in [2.24, 2.45) is 0 Å². The number of nitrogens with zero attached hydrogens (tertiary/aromatic N) is 3. The lowest BCUT2D eigenvalue weighted by Crippen LogP contribution is -2.30. The Bertz CT molecular complexity index is 1100. The number of halogens is 3. The third kappa shape index (κ3) is 4.60. The van der Waals surface area contributed by atoms with E-state index in [1.165, 1.54) is 37.5 Å². The standard InChI is InChI=1S/C19H16F3N5O2/c1-11(12-8-13(19(20,21)22)10-14(23)9-12)25-18(29)16-2-3-17(28)27(26-16)15-4-6-24-7-5-15/h2-11H,23H2,1H3,(H,25,29)/t11-/m1/s1. The fraction of sp³-hybridized carbons (Fsp3) is 0.158. The molecule has 0 bridgehead atoms. The number of nitrogens with one attached hydrogen (secondary N) is 1. The van der Waals surface area contributed by atoms with Crippen LogP contribution in [0.4, 0.5) is 18.9 Å². The van der Waals surface area contributed by atoms with E-state index in [4.69, 9.17) is 5.73 Å². The summed E-state index contributed by atoms with van der Waals surface area (Å²) in [5, 5.41) is 6.59. The van der Waals surface area contributed by atoms with Gasteiger partial charge in [0.25, 0.3) is 11.5 Å². The third-order valence-corrected chi connectivity index (χ3v) is 4.09. The second-order valence-electron chi connectivity index (χ2n) is 6.26. The van der Waals surface area contributed by atoms with E-state index in [2.05, 4.69) is 15.4 Å². The molecule has 2 aromatic heterocycles. The first-order valence-corrected chi connectivity index (χ1v) is 8.44. The number of rotatable bonds is 4. The van der Waals surface area contributed by atoms with Crippen LogP contribution in [0.15, 0.2) is 59.7 Å². The minimum atomic E-state index is -4.56. The molecule has 0 saturated carbocycles. The quantitative estimate of drug-likeness (QED) is 0.652. The number of amides is 1. The number of anilines is 1. The van der Waals surface area contributed by atoms with Crippen LogP contribution in [0, 0.1) is 0 Å². The number of hydrogen-bond donors (Lipinski definition) is 2. The number of nitrogen functional groups attached to an aromatic ring is 1. The molecule has 0 spiro atoms. The van der Waals surface area contributed by atoms with Crippen LogP contribution in [-0.2, 0) is 6.18 Å². The molecule has 0 radical (unpaired) electrons. The molecular formula is C19H16F3N5O2. The largest absolute Gasteiger partial charge is 0.416 e. The normalized spacial score (nSPS) is 12.4. The molecule has 10 heteroatoms. The second kappa shape index (κ2) is 7.74. The van der Waals surface area contributed by atoms with Crippen molar-refractivity contribution in [3.63, 3.8) is 0 Å². The summed E-state index contributed by atoms with van der Waals surface area (Å²) < 4.78 is 40.0. The average molecular weight is 403 g/mol. The van der Waals surface area contributed by atoms with E-state index in [9.17, 15) is 22.8 Å². The first-order chi connectivity index (χ1) is 13.6. The molecule has 3 rings (SSSR count). The van der Waals surface area contributed by atoms with Crippen molar-refractivity contribution < 1.29 is 18.0 Å². The van der Waals surface area contributed by atoms with Crippen molar-refractivity contribution in [1.29, 1.82) is 0 Å². The topological polar surface area (TPSA) is 103 Å². The Kier molecular flexibility index (Phi) is 5.35. The van der Waals surface area contributed by atoms with Crippen LogP contribution in [0.1, 0.15) is 34.6 Å².